The zero-order valence-corrected chi connectivity index (χ0v) is 8.59. The number of carboxylic acid groups (broad SMARTS) is 1. The van der Waals surface area contributed by atoms with E-state index in [-0.39, 0.29) is 31.3 Å². The molecule has 15 heavy (non-hydrogen) atoms. The van der Waals surface area contributed by atoms with Crippen LogP contribution in [-0.4, -0.2) is 51.7 Å². The molecule has 1 aliphatic heterocycles. The van der Waals surface area contributed by atoms with Gasteiger partial charge in [0.25, 0.3) is 0 Å². The fourth-order valence-electron chi connectivity index (χ4n) is 1.72. The Hall–Kier alpha value is -1.14. The summed E-state index contributed by atoms with van der Waals surface area (Å²) < 4.78 is 0. The number of aliphatic hydroxyl groups excluding tert-OH is 1. The van der Waals surface area contributed by atoms with Gasteiger partial charge < -0.3 is 20.8 Å². The predicted octanol–water partition coefficient (Wildman–Crippen LogP) is -1.23. The minimum Gasteiger partial charge on any atom is -0.480 e. The number of nitrogens with two attached hydrogens (primary N) is 1. The Kier molecular flexibility index (Phi) is 3.65. The molecule has 0 aliphatic carbocycles. The number of nitrogens with zero attached hydrogens (tertiary/aromatic N) is 1. The van der Waals surface area contributed by atoms with Gasteiger partial charge in [0.2, 0.25) is 5.91 Å². The Morgan fingerprint density at radius 3 is 2.67 bits per heavy atom. The molecule has 1 saturated heterocycles. The largest absolute Gasteiger partial charge is 0.480 e. The van der Waals surface area contributed by atoms with Gasteiger partial charge in [0.05, 0.1) is 6.10 Å². The average Bonchev–Trinajstić information content (AvgIpc) is 2.46. The molecule has 0 radical (unpaired) electrons. The first-order valence-corrected chi connectivity index (χ1v) is 4.87. The van der Waals surface area contributed by atoms with Crippen LogP contribution in [0.1, 0.15) is 19.8 Å². The lowest BCUT2D eigenvalue weighted by Crippen LogP contribution is -2.42. The van der Waals surface area contributed by atoms with E-state index in [9.17, 15) is 14.7 Å². The first kappa shape index (κ1) is 11.9. The third-order valence-electron chi connectivity index (χ3n) is 2.38. The van der Waals surface area contributed by atoms with E-state index in [2.05, 4.69) is 0 Å². The lowest BCUT2D eigenvalue weighted by molar-refractivity contribution is -0.148. The minimum atomic E-state index is -1.08. The van der Waals surface area contributed by atoms with Crippen molar-refractivity contribution in [3.63, 3.8) is 0 Å². The molecule has 1 aliphatic rings. The van der Waals surface area contributed by atoms with Crippen LogP contribution in [0.15, 0.2) is 0 Å². The van der Waals surface area contributed by atoms with Crippen LogP contribution in [0.25, 0.3) is 0 Å². The van der Waals surface area contributed by atoms with Crippen LogP contribution in [0, 0.1) is 0 Å². The lowest BCUT2D eigenvalue weighted by Gasteiger charge is -2.21. The molecule has 1 heterocycles. The molecular formula is C9H16N2O4. The molecule has 0 aromatic heterocycles. The zero-order chi connectivity index (χ0) is 11.6. The molecule has 0 aromatic carbocycles. The molecule has 0 bridgehead atoms. The Morgan fingerprint density at radius 1 is 1.60 bits per heavy atom. The van der Waals surface area contributed by atoms with Gasteiger partial charge in [-0.25, -0.2) is 4.79 Å². The van der Waals surface area contributed by atoms with E-state index in [1.165, 1.54) is 4.90 Å². The average molecular weight is 216 g/mol. The summed E-state index contributed by atoms with van der Waals surface area (Å²) in [7, 11) is 0. The monoisotopic (exact) mass is 216 g/mol. The molecule has 86 valence electrons. The Labute approximate surface area is 87.7 Å². The molecule has 6 heteroatoms. The maximum Gasteiger partial charge on any atom is 0.326 e. The Bertz CT molecular complexity index is 267. The van der Waals surface area contributed by atoms with Crippen LogP contribution in [0.5, 0.6) is 0 Å². The molecule has 6 nitrogen and oxygen atoms in total. The van der Waals surface area contributed by atoms with Gasteiger partial charge in [-0.1, -0.05) is 0 Å². The van der Waals surface area contributed by atoms with Gasteiger partial charge in [-0.3, -0.25) is 4.79 Å². The van der Waals surface area contributed by atoms with Gasteiger partial charge in [-0.05, 0) is 6.92 Å². The van der Waals surface area contributed by atoms with Gasteiger partial charge in [0, 0.05) is 25.4 Å². The summed E-state index contributed by atoms with van der Waals surface area (Å²) in [6, 6.07) is -1.21. The van der Waals surface area contributed by atoms with Crippen molar-refractivity contribution >= 4 is 11.9 Å². The highest BCUT2D eigenvalue weighted by atomic mass is 16.4. The molecule has 0 aromatic rings. The lowest BCUT2D eigenvalue weighted by atomic mass is 10.2. The normalized spacial score (nSPS) is 27.8. The third kappa shape index (κ3) is 2.90. The zero-order valence-electron chi connectivity index (χ0n) is 8.59. The molecule has 4 N–H and O–H groups in total. The summed E-state index contributed by atoms with van der Waals surface area (Å²) in [6.45, 7) is 1.77. The quantitative estimate of drug-likeness (QED) is 0.548. The number of hydrogen-bond acceptors (Lipinski definition) is 4. The number of likely N-dealkylation sites (tertiary alicyclic amines) is 1. The maximum atomic E-state index is 11.6. The van der Waals surface area contributed by atoms with Crippen molar-refractivity contribution in [1.82, 2.24) is 4.90 Å². The van der Waals surface area contributed by atoms with Crippen LogP contribution in [-0.2, 0) is 9.59 Å². The summed E-state index contributed by atoms with van der Waals surface area (Å²) in [5, 5.41) is 18.2. The second-order valence-electron chi connectivity index (χ2n) is 3.97. The Morgan fingerprint density at radius 2 is 2.20 bits per heavy atom. The number of carboxylic acids is 1. The van der Waals surface area contributed by atoms with Crippen LogP contribution < -0.4 is 5.73 Å². The molecule has 1 amide bonds. The van der Waals surface area contributed by atoms with E-state index in [0.29, 0.717) is 0 Å². The minimum absolute atomic E-state index is 0.0858. The fourth-order valence-corrected chi connectivity index (χ4v) is 1.72. The molecule has 0 spiro atoms. The number of aliphatic carboxylic acids is 1. The second-order valence-corrected chi connectivity index (χ2v) is 3.97. The van der Waals surface area contributed by atoms with Crippen LogP contribution in [0.3, 0.4) is 0 Å². The van der Waals surface area contributed by atoms with Gasteiger partial charge >= 0.3 is 5.97 Å². The highest BCUT2D eigenvalue weighted by Gasteiger charge is 2.38. The van der Waals surface area contributed by atoms with E-state index in [4.69, 9.17) is 10.8 Å². The van der Waals surface area contributed by atoms with Gasteiger partial charge in [-0.2, -0.15) is 0 Å². The topological polar surface area (TPSA) is 104 Å². The number of β-amino-alcohol motifs (C(OH)–C–C–N with tert-alkyl or cyclic N) is 1. The number of amides is 1. The molecule has 1 unspecified atom stereocenters. The number of hydrogen-bond donors (Lipinski definition) is 3. The number of carbonyl (C=O) groups excluding carboxylic acids is 1. The van der Waals surface area contributed by atoms with Gasteiger partial charge in [0.15, 0.2) is 0 Å². The summed E-state index contributed by atoms with van der Waals surface area (Å²) >= 11 is 0. The summed E-state index contributed by atoms with van der Waals surface area (Å²) in [4.78, 5) is 23.6. The first-order valence-electron chi connectivity index (χ1n) is 4.87. The predicted molar refractivity (Wildman–Crippen MR) is 52.0 cm³/mol. The number of aliphatic hydroxyl groups is 1. The van der Waals surface area contributed by atoms with Crippen LogP contribution in [0.2, 0.25) is 0 Å². The van der Waals surface area contributed by atoms with Crippen molar-refractivity contribution in [3.8, 4) is 0 Å². The SMILES string of the molecule is CC(N)CC(=O)N1C[C@@H](O)C[C@H]1C(=O)O. The van der Waals surface area contributed by atoms with Crippen LogP contribution in [0.4, 0.5) is 0 Å². The fraction of sp³-hybridized carbons (Fsp3) is 0.778. The van der Waals surface area contributed by atoms with Gasteiger partial charge in [0.1, 0.15) is 6.04 Å². The van der Waals surface area contributed by atoms with Gasteiger partial charge in [-0.15, -0.1) is 0 Å². The third-order valence-corrected chi connectivity index (χ3v) is 2.38. The number of carbonyl (C=O) groups is 2. The standard InChI is InChI=1S/C9H16N2O4/c1-5(10)2-8(13)11-4-6(12)3-7(11)9(14)15/h5-7,12H,2-4,10H2,1H3,(H,14,15)/t5?,6-,7-/m0/s1. The van der Waals surface area contributed by atoms with Crippen molar-refractivity contribution in [3.05, 3.63) is 0 Å². The van der Waals surface area contributed by atoms with E-state index >= 15 is 0 Å². The molecule has 3 atom stereocenters. The highest BCUT2D eigenvalue weighted by Crippen LogP contribution is 2.19. The molecule has 0 saturated carbocycles. The maximum absolute atomic E-state index is 11.6. The first-order chi connectivity index (χ1) is 6.91. The van der Waals surface area contributed by atoms with E-state index in [0.717, 1.165) is 0 Å². The Balaban J connectivity index is 2.66. The number of rotatable bonds is 3. The summed E-state index contributed by atoms with van der Waals surface area (Å²) in [5.74, 6) is -1.39. The van der Waals surface area contributed by atoms with Crippen molar-refractivity contribution in [2.75, 3.05) is 6.54 Å². The molecule has 1 rings (SSSR count). The summed E-state index contributed by atoms with van der Waals surface area (Å²) in [6.07, 6.45) is -0.542. The smallest absolute Gasteiger partial charge is 0.326 e. The van der Waals surface area contributed by atoms with E-state index in [1.54, 1.807) is 6.92 Å². The van der Waals surface area contributed by atoms with Crippen molar-refractivity contribution < 1.29 is 19.8 Å². The van der Waals surface area contributed by atoms with Crippen LogP contribution >= 0.6 is 0 Å². The second kappa shape index (κ2) is 4.59. The summed E-state index contributed by atoms with van der Waals surface area (Å²) in [5.41, 5.74) is 5.46. The molecular weight excluding hydrogens is 200 g/mol. The van der Waals surface area contributed by atoms with Crippen molar-refractivity contribution in [2.24, 2.45) is 5.73 Å². The highest BCUT2D eigenvalue weighted by molar-refractivity contribution is 5.84. The van der Waals surface area contributed by atoms with E-state index in [1.807, 2.05) is 0 Å². The van der Waals surface area contributed by atoms with Crippen molar-refractivity contribution in [1.29, 1.82) is 0 Å². The van der Waals surface area contributed by atoms with Crippen molar-refractivity contribution in [2.45, 2.75) is 38.0 Å². The molecule has 1 fully saturated rings. The van der Waals surface area contributed by atoms with E-state index < -0.39 is 18.1 Å².